The number of aromatic nitrogens is 2. The van der Waals surface area contributed by atoms with Crippen molar-refractivity contribution in [2.24, 2.45) is 11.8 Å². The van der Waals surface area contributed by atoms with E-state index in [4.69, 9.17) is 0 Å². The van der Waals surface area contributed by atoms with Crippen molar-refractivity contribution >= 4 is 5.65 Å². The second-order valence-electron chi connectivity index (χ2n) is 5.42. The second-order valence-corrected chi connectivity index (χ2v) is 5.42. The van der Waals surface area contributed by atoms with E-state index in [2.05, 4.69) is 48.6 Å². The predicted molar refractivity (Wildman–Crippen MR) is 75.6 cm³/mol. The molecule has 18 heavy (non-hydrogen) atoms. The van der Waals surface area contributed by atoms with E-state index in [-0.39, 0.29) is 0 Å². The average molecular weight is 245 g/mol. The van der Waals surface area contributed by atoms with Gasteiger partial charge in [-0.15, -0.1) is 0 Å². The van der Waals surface area contributed by atoms with Gasteiger partial charge >= 0.3 is 0 Å². The minimum absolute atomic E-state index is 0.699. The van der Waals surface area contributed by atoms with Gasteiger partial charge in [-0.25, -0.2) is 4.98 Å². The Bertz CT molecular complexity index is 513. The lowest BCUT2D eigenvalue weighted by atomic mass is 9.98. The van der Waals surface area contributed by atoms with Gasteiger partial charge in [0.05, 0.1) is 11.4 Å². The van der Waals surface area contributed by atoms with Crippen LogP contribution < -0.4 is 5.32 Å². The Morgan fingerprint density at radius 1 is 1.28 bits per heavy atom. The summed E-state index contributed by atoms with van der Waals surface area (Å²) in [4.78, 5) is 4.57. The zero-order valence-corrected chi connectivity index (χ0v) is 11.8. The van der Waals surface area contributed by atoms with Crippen LogP contribution in [0.2, 0.25) is 0 Å². The molecule has 0 fully saturated rings. The van der Waals surface area contributed by atoms with Crippen LogP contribution >= 0.6 is 0 Å². The maximum atomic E-state index is 4.57. The highest BCUT2D eigenvalue weighted by Crippen LogP contribution is 2.12. The van der Waals surface area contributed by atoms with E-state index in [0.29, 0.717) is 5.92 Å². The van der Waals surface area contributed by atoms with Crippen molar-refractivity contribution in [3.8, 4) is 0 Å². The number of pyridine rings is 1. The van der Waals surface area contributed by atoms with Gasteiger partial charge < -0.3 is 9.72 Å². The van der Waals surface area contributed by atoms with E-state index < -0.39 is 0 Å². The minimum Gasteiger partial charge on any atom is -0.311 e. The number of nitrogens with zero attached hydrogens (tertiary/aromatic N) is 2. The summed E-state index contributed by atoms with van der Waals surface area (Å²) in [6.07, 6.45) is 2.08. The molecule has 1 unspecified atom stereocenters. The quantitative estimate of drug-likeness (QED) is 0.877. The fourth-order valence-electron chi connectivity index (χ4n) is 2.03. The third-order valence-electron chi connectivity index (χ3n) is 3.73. The second kappa shape index (κ2) is 5.53. The summed E-state index contributed by atoms with van der Waals surface area (Å²) in [5.74, 6) is 1.42. The van der Waals surface area contributed by atoms with Gasteiger partial charge in [-0.2, -0.15) is 0 Å². The van der Waals surface area contributed by atoms with Gasteiger partial charge in [0.15, 0.2) is 0 Å². The molecule has 3 heteroatoms. The highest BCUT2D eigenvalue weighted by atomic mass is 15.0. The molecular weight excluding hydrogens is 222 g/mol. The molecular formula is C15H23N3. The SMILES string of the molecule is Cc1nc2ccccn2c1CNCC(C)C(C)C. The zero-order chi connectivity index (χ0) is 13.1. The molecule has 1 atom stereocenters. The normalized spacial score (nSPS) is 13.4. The lowest BCUT2D eigenvalue weighted by Crippen LogP contribution is -2.24. The molecule has 0 aromatic carbocycles. The van der Waals surface area contributed by atoms with Crippen molar-refractivity contribution in [1.82, 2.24) is 14.7 Å². The molecule has 0 bridgehead atoms. The molecule has 0 saturated carbocycles. The third kappa shape index (κ3) is 2.72. The molecule has 0 amide bonds. The molecule has 98 valence electrons. The summed E-state index contributed by atoms with van der Waals surface area (Å²) >= 11 is 0. The lowest BCUT2D eigenvalue weighted by Gasteiger charge is -2.16. The first-order valence-corrected chi connectivity index (χ1v) is 6.73. The smallest absolute Gasteiger partial charge is 0.137 e. The van der Waals surface area contributed by atoms with Crippen molar-refractivity contribution in [1.29, 1.82) is 0 Å². The highest BCUT2D eigenvalue weighted by Gasteiger charge is 2.09. The maximum Gasteiger partial charge on any atom is 0.137 e. The predicted octanol–water partition coefficient (Wildman–Crippen LogP) is 3.02. The molecule has 0 aliphatic carbocycles. The number of hydrogen-bond acceptors (Lipinski definition) is 2. The summed E-state index contributed by atoms with van der Waals surface area (Å²) < 4.78 is 2.17. The van der Waals surface area contributed by atoms with Gasteiger partial charge in [0, 0.05) is 12.7 Å². The van der Waals surface area contributed by atoms with Crippen LogP contribution in [0.4, 0.5) is 0 Å². The lowest BCUT2D eigenvalue weighted by molar-refractivity contribution is 0.391. The summed E-state index contributed by atoms with van der Waals surface area (Å²) in [5.41, 5.74) is 3.41. The molecule has 0 radical (unpaired) electrons. The van der Waals surface area contributed by atoms with Crippen LogP contribution in [-0.4, -0.2) is 15.9 Å². The summed E-state index contributed by atoms with van der Waals surface area (Å²) in [7, 11) is 0. The van der Waals surface area contributed by atoms with E-state index in [1.54, 1.807) is 0 Å². The number of imidazole rings is 1. The van der Waals surface area contributed by atoms with E-state index >= 15 is 0 Å². The molecule has 2 heterocycles. The van der Waals surface area contributed by atoms with Gasteiger partial charge in [-0.05, 0) is 37.4 Å². The van der Waals surface area contributed by atoms with Crippen LogP contribution in [0.3, 0.4) is 0 Å². The monoisotopic (exact) mass is 245 g/mol. The molecule has 0 spiro atoms. The Morgan fingerprint density at radius 2 is 2.06 bits per heavy atom. The molecule has 1 N–H and O–H groups in total. The summed E-state index contributed by atoms with van der Waals surface area (Å²) in [5, 5.41) is 3.54. The van der Waals surface area contributed by atoms with Crippen LogP contribution in [0, 0.1) is 18.8 Å². The third-order valence-corrected chi connectivity index (χ3v) is 3.73. The Hall–Kier alpha value is -1.35. The van der Waals surface area contributed by atoms with Gasteiger partial charge in [0.25, 0.3) is 0 Å². The van der Waals surface area contributed by atoms with Gasteiger partial charge in [0.1, 0.15) is 5.65 Å². The molecule has 3 nitrogen and oxygen atoms in total. The molecule has 0 aliphatic rings. The minimum atomic E-state index is 0.699. The van der Waals surface area contributed by atoms with Crippen molar-refractivity contribution in [3.05, 3.63) is 35.8 Å². The maximum absolute atomic E-state index is 4.57. The zero-order valence-electron chi connectivity index (χ0n) is 11.8. The number of hydrogen-bond donors (Lipinski definition) is 1. The highest BCUT2D eigenvalue weighted by molar-refractivity contribution is 5.42. The van der Waals surface area contributed by atoms with Crippen LogP contribution in [0.5, 0.6) is 0 Å². The Balaban J connectivity index is 2.05. The molecule has 0 saturated heterocycles. The van der Waals surface area contributed by atoms with Crippen molar-refractivity contribution < 1.29 is 0 Å². The molecule has 2 aromatic rings. The molecule has 2 rings (SSSR count). The van der Waals surface area contributed by atoms with Gasteiger partial charge in [0.2, 0.25) is 0 Å². The number of aryl methyl sites for hydroxylation is 1. The van der Waals surface area contributed by atoms with Gasteiger partial charge in [-0.1, -0.05) is 26.8 Å². The number of nitrogens with one attached hydrogen (secondary N) is 1. The van der Waals surface area contributed by atoms with Crippen molar-refractivity contribution in [3.63, 3.8) is 0 Å². The fraction of sp³-hybridized carbons (Fsp3) is 0.533. The standard InChI is InChI=1S/C15H23N3/c1-11(2)12(3)9-16-10-14-13(4)17-15-7-5-6-8-18(14)15/h5-8,11-12,16H,9-10H2,1-4H3. The Morgan fingerprint density at radius 3 is 2.78 bits per heavy atom. The summed E-state index contributed by atoms with van der Waals surface area (Å²) in [6, 6.07) is 6.13. The van der Waals surface area contributed by atoms with Crippen LogP contribution in [0.1, 0.15) is 32.2 Å². The van der Waals surface area contributed by atoms with E-state index in [1.165, 1.54) is 5.69 Å². The first-order chi connectivity index (χ1) is 8.59. The molecule has 2 aromatic heterocycles. The Labute approximate surface area is 109 Å². The topological polar surface area (TPSA) is 29.3 Å². The van der Waals surface area contributed by atoms with E-state index in [0.717, 1.165) is 30.3 Å². The van der Waals surface area contributed by atoms with Gasteiger partial charge in [-0.3, -0.25) is 0 Å². The average Bonchev–Trinajstić information content (AvgIpc) is 2.65. The summed E-state index contributed by atoms with van der Waals surface area (Å²) in [6.45, 7) is 10.8. The van der Waals surface area contributed by atoms with E-state index in [1.807, 2.05) is 18.2 Å². The largest absolute Gasteiger partial charge is 0.311 e. The van der Waals surface area contributed by atoms with Crippen molar-refractivity contribution in [2.45, 2.75) is 34.2 Å². The Kier molecular flexibility index (Phi) is 4.02. The van der Waals surface area contributed by atoms with E-state index in [9.17, 15) is 0 Å². The molecule has 0 aliphatic heterocycles. The fourth-order valence-corrected chi connectivity index (χ4v) is 2.03. The first kappa shape index (κ1) is 13.1. The van der Waals surface area contributed by atoms with Crippen LogP contribution in [0.15, 0.2) is 24.4 Å². The number of fused-ring (bicyclic) bond motifs is 1. The van der Waals surface area contributed by atoms with Crippen LogP contribution in [-0.2, 0) is 6.54 Å². The first-order valence-electron chi connectivity index (χ1n) is 6.73. The number of rotatable bonds is 5. The van der Waals surface area contributed by atoms with Crippen molar-refractivity contribution in [2.75, 3.05) is 6.54 Å². The van der Waals surface area contributed by atoms with Crippen LogP contribution in [0.25, 0.3) is 5.65 Å².